The molecule has 144 valence electrons. The Bertz CT molecular complexity index is 636. The quantitative estimate of drug-likeness (QED) is 0.455. The molecular weight excluding hydrogens is 379 g/mol. The summed E-state index contributed by atoms with van der Waals surface area (Å²) in [6.45, 7) is 0. The van der Waals surface area contributed by atoms with Crippen molar-refractivity contribution in [3.8, 4) is 0 Å². The number of unbranched alkanes of at least 4 members (excludes halogenated alkanes) is 3. The molecule has 0 amide bonds. The maximum Gasteiger partial charge on any atom is 0.306 e. The van der Waals surface area contributed by atoms with Crippen LogP contribution in [-0.2, 0) is 20.7 Å². The van der Waals surface area contributed by atoms with Crippen molar-refractivity contribution >= 4 is 35.5 Å². The van der Waals surface area contributed by atoms with Gasteiger partial charge in [-0.05, 0) is 37.0 Å². The van der Waals surface area contributed by atoms with Crippen LogP contribution in [0.25, 0.3) is 0 Å². The Morgan fingerprint density at radius 2 is 2.00 bits per heavy atom. The number of aliphatic carboxylic acids is 1. The van der Waals surface area contributed by atoms with Gasteiger partial charge in [0.25, 0.3) is 0 Å². The van der Waals surface area contributed by atoms with Crippen molar-refractivity contribution in [3.05, 3.63) is 33.8 Å². The zero-order valence-corrected chi connectivity index (χ0v) is 16.0. The van der Waals surface area contributed by atoms with Gasteiger partial charge in [-0.1, -0.05) is 48.5 Å². The molecule has 2 N–H and O–H groups in total. The Morgan fingerprint density at radius 3 is 2.65 bits per heavy atom. The first kappa shape index (κ1) is 21.2. The Morgan fingerprint density at radius 1 is 1.27 bits per heavy atom. The van der Waals surface area contributed by atoms with Crippen molar-refractivity contribution in [2.75, 3.05) is 0 Å². The Labute approximate surface area is 163 Å². The van der Waals surface area contributed by atoms with Crippen molar-refractivity contribution < 1.29 is 24.5 Å². The first-order valence-corrected chi connectivity index (χ1v) is 9.58. The molecule has 5 nitrogen and oxygen atoms in total. The minimum atomic E-state index is -1.59. The molecule has 0 spiro atoms. The number of hydrogen-bond acceptors (Lipinski definition) is 4. The molecule has 2 rings (SSSR count). The summed E-state index contributed by atoms with van der Waals surface area (Å²) in [7, 11) is 0. The van der Waals surface area contributed by atoms with Gasteiger partial charge in [0, 0.05) is 16.5 Å². The van der Waals surface area contributed by atoms with E-state index in [1.807, 2.05) is 12.1 Å². The largest absolute Gasteiger partial charge is 0.481 e. The summed E-state index contributed by atoms with van der Waals surface area (Å²) in [5.41, 5.74) is -0.508. The van der Waals surface area contributed by atoms with Gasteiger partial charge in [0.1, 0.15) is 11.7 Å². The molecule has 0 aromatic heterocycles. The summed E-state index contributed by atoms with van der Waals surface area (Å²) in [5, 5.41) is 20.6. The average Bonchev–Trinajstić information content (AvgIpc) is 2.87. The lowest BCUT2D eigenvalue weighted by atomic mass is 9.89. The lowest BCUT2D eigenvalue weighted by Crippen LogP contribution is -2.41. The highest BCUT2D eigenvalue weighted by Gasteiger charge is 2.48. The molecule has 0 saturated carbocycles. The average molecular weight is 403 g/mol. The van der Waals surface area contributed by atoms with Crippen LogP contribution < -0.4 is 0 Å². The fraction of sp³-hybridized carbons (Fsp3) is 0.579. The molecule has 0 aliphatic carbocycles. The van der Waals surface area contributed by atoms with Crippen LogP contribution in [0.3, 0.4) is 0 Å². The molecule has 7 heteroatoms. The van der Waals surface area contributed by atoms with E-state index < -0.39 is 24.1 Å². The smallest absolute Gasteiger partial charge is 0.306 e. The summed E-state index contributed by atoms with van der Waals surface area (Å²) in [5.74, 6) is -1.13. The first-order chi connectivity index (χ1) is 12.3. The van der Waals surface area contributed by atoms with Gasteiger partial charge in [0.15, 0.2) is 6.29 Å². The Kier molecular flexibility index (Phi) is 7.89. The number of rotatable bonds is 10. The molecule has 3 atom stereocenters. The summed E-state index contributed by atoms with van der Waals surface area (Å²) in [6.07, 6.45) is 4.39. The monoisotopic (exact) mass is 402 g/mol. The van der Waals surface area contributed by atoms with Gasteiger partial charge in [0.05, 0.1) is 12.5 Å². The summed E-state index contributed by atoms with van der Waals surface area (Å²) in [4.78, 5) is 21.9. The number of aliphatic hydroxyl groups is 1. The molecule has 3 unspecified atom stereocenters. The molecular formula is C19H24Cl2O5. The van der Waals surface area contributed by atoms with Gasteiger partial charge in [-0.2, -0.15) is 0 Å². The van der Waals surface area contributed by atoms with E-state index in [1.165, 1.54) is 0 Å². The second-order valence-electron chi connectivity index (χ2n) is 6.88. The highest BCUT2D eigenvalue weighted by atomic mass is 35.5. The first-order valence-electron chi connectivity index (χ1n) is 8.83. The minimum Gasteiger partial charge on any atom is -0.481 e. The van der Waals surface area contributed by atoms with Crippen molar-refractivity contribution in [2.24, 2.45) is 0 Å². The van der Waals surface area contributed by atoms with Gasteiger partial charge >= 0.3 is 5.97 Å². The lowest BCUT2D eigenvalue weighted by molar-refractivity contribution is -0.146. The van der Waals surface area contributed by atoms with Gasteiger partial charge < -0.3 is 19.7 Å². The van der Waals surface area contributed by atoms with E-state index in [2.05, 4.69) is 0 Å². The number of carboxylic acid groups (broad SMARTS) is 1. The van der Waals surface area contributed by atoms with Gasteiger partial charge in [-0.3, -0.25) is 4.79 Å². The standard InChI is InChI=1S/C19H24Cl2O5/c20-14-8-7-13(16(21)9-14)5-3-1-2-4-6-15-10-19(25,11-18(23)24)17(12-22)26-15/h7-9,12,15,17,25H,1-6,10-11H2,(H,23,24). The van der Waals surface area contributed by atoms with Crippen LogP contribution in [0.1, 0.15) is 50.5 Å². The van der Waals surface area contributed by atoms with Crippen molar-refractivity contribution in [3.63, 3.8) is 0 Å². The molecule has 0 radical (unpaired) electrons. The van der Waals surface area contributed by atoms with Crippen LogP contribution in [0.2, 0.25) is 10.0 Å². The third kappa shape index (κ3) is 5.95. The number of carbonyl (C=O) groups is 2. The second kappa shape index (κ2) is 9.70. The normalized spacial score (nSPS) is 25.3. The SMILES string of the molecule is O=CC1OC(CCCCCCc2ccc(Cl)cc2Cl)CC1(O)CC(=O)O. The number of aldehydes is 1. The third-order valence-corrected chi connectivity index (χ3v) is 5.36. The Balaban J connectivity index is 1.67. The summed E-state index contributed by atoms with van der Waals surface area (Å²) in [6, 6.07) is 5.53. The predicted octanol–water partition coefficient (Wildman–Crippen LogP) is 4.05. The summed E-state index contributed by atoms with van der Waals surface area (Å²) < 4.78 is 5.52. The third-order valence-electron chi connectivity index (χ3n) is 4.77. The molecule has 1 aromatic carbocycles. The summed E-state index contributed by atoms with van der Waals surface area (Å²) >= 11 is 12.0. The fourth-order valence-corrected chi connectivity index (χ4v) is 3.92. The van der Waals surface area contributed by atoms with E-state index in [9.17, 15) is 14.7 Å². The topological polar surface area (TPSA) is 83.8 Å². The van der Waals surface area contributed by atoms with E-state index in [0.29, 0.717) is 22.8 Å². The van der Waals surface area contributed by atoms with Crippen molar-refractivity contribution in [1.82, 2.24) is 0 Å². The van der Waals surface area contributed by atoms with Crippen LogP contribution in [0.4, 0.5) is 0 Å². The molecule has 26 heavy (non-hydrogen) atoms. The van der Waals surface area contributed by atoms with Crippen LogP contribution >= 0.6 is 23.2 Å². The Hall–Kier alpha value is -1.14. The van der Waals surface area contributed by atoms with Crippen LogP contribution in [0.5, 0.6) is 0 Å². The van der Waals surface area contributed by atoms with Crippen LogP contribution in [-0.4, -0.2) is 40.3 Å². The van der Waals surface area contributed by atoms with E-state index in [-0.39, 0.29) is 12.5 Å². The molecule has 0 bridgehead atoms. The molecule has 1 aliphatic heterocycles. The van der Waals surface area contributed by atoms with Crippen molar-refractivity contribution in [2.45, 2.75) is 69.2 Å². The minimum absolute atomic E-state index is 0.184. The zero-order chi connectivity index (χ0) is 19.2. The van der Waals surface area contributed by atoms with E-state index >= 15 is 0 Å². The number of halogens is 2. The number of aryl methyl sites for hydroxylation is 1. The van der Waals surface area contributed by atoms with E-state index in [1.54, 1.807) is 6.07 Å². The number of carbonyl (C=O) groups excluding carboxylic acids is 1. The second-order valence-corrected chi connectivity index (χ2v) is 7.73. The number of hydrogen-bond donors (Lipinski definition) is 2. The predicted molar refractivity (Wildman–Crippen MR) is 99.8 cm³/mol. The van der Waals surface area contributed by atoms with Gasteiger partial charge in [-0.25, -0.2) is 0 Å². The van der Waals surface area contributed by atoms with Gasteiger partial charge in [-0.15, -0.1) is 0 Å². The molecule has 1 aromatic rings. The molecule has 1 fully saturated rings. The molecule has 1 saturated heterocycles. The highest BCUT2D eigenvalue weighted by molar-refractivity contribution is 6.35. The maximum atomic E-state index is 11.1. The molecule has 1 heterocycles. The lowest BCUT2D eigenvalue weighted by Gasteiger charge is -2.22. The van der Waals surface area contributed by atoms with Crippen molar-refractivity contribution in [1.29, 1.82) is 0 Å². The van der Waals surface area contributed by atoms with Gasteiger partial charge in [0.2, 0.25) is 0 Å². The number of benzene rings is 1. The van der Waals surface area contributed by atoms with E-state index in [4.69, 9.17) is 33.0 Å². The fourth-order valence-electron chi connectivity index (χ4n) is 3.42. The maximum absolute atomic E-state index is 11.1. The number of ether oxygens (including phenoxy) is 1. The van der Waals surface area contributed by atoms with Crippen LogP contribution in [0, 0.1) is 0 Å². The number of carboxylic acids is 1. The zero-order valence-electron chi connectivity index (χ0n) is 14.5. The molecule has 1 aliphatic rings. The highest BCUT2D eigenvalue weighted by Crippen LogP contribution is 2.35. The van der Waals surface area contributed by atoms with Crippen LogP contribution in [0.15, 0.2) is 18.2 Å². The van der Waals surface area contributed by atoms with E-state index in [0.717, 1.165) is 37.7 Å².